The van der Waals surface area contributed by atoms with Gasteiger partial charge in [-0.25, -0.2) is 0 Å². The van der Waals surface area contributed by atoms with Gasteiger partial charge in [-0.05, 0) is 12.8 Å². The lowest BCUT2D eigenvalue weighted by Gasteiger charge is -2.12. The van der Waals surface area contributed by atoms with Crippen molar-refractivity contribution in [3.63, 3.8) is 0 Å². The molecule has 1 heteroatoms. The molecule has 0 nitrogen and oxygen atoms in total. The Morgan fingerprint density at radius 2 is 1.33 bits per heavy atom. The van der Waals surface area contributed by atoms with Crippen LogP contribution in [-0.2, 0) is 0 Å². The zero-order valence-electron chi connectivity index (χ0n) is 6.98. The predicted molar refractivity (Wildman–Crippen MR) is 47.1 cm³/mol. The van der Waals surface area contributed by atoms with Crippen LogP contribution in [0, 0.1) is 0 Å². The fourth-order valence-electron chi connectivity index (χ4n) is 0.589. The highest BCUT2D eigenvalue weighted by Gasteiger charge is 2.03. The van der Waals surface area contributed by atoms with Crippen molar-refractivity contribution in [3.05, 3.63) is 0 Å². The molecular formula is C8H18S. The lowest BCUT2D eigenvalue weighted by atomic mass is 10.4. The Morgan fingerprint density at radius 1 is 1.00 bits per heavy atom. The van der Waals surface area contributed by atoms with Gasteiger partial charge in [0, 0.05) is 10.5 Å². The molecular weight excluding hydrogens is 128 g/mol. The molecule has 0 aromatic rings. The van der Waals surface area contributed by atoms with Crippen LogP contribution in [-0.4, -0.2) is 10.5 Å². The van der Waals surface area contributed by atoms with Gasteiger partial charge in [-0.15, -0.1) is 0 Å². The first kappa shape index (κ1) is 9.35. The first-order valence-corrected chi connectivity index (χ1v) is 4.80. The Labute approximate surface area is 63.4 Å². The van der Waals surface area contributed by atoms with Crippen LogP contribution in [0.15, 0.2) is 0 Å². The van der Waals surface area contributed by atoms with Crippen molar-refractivity contribution in [1.29, 1.82) is 0 Å². The highest BCUT2D eigenvalue weighted by atomic mass is 32.2. The molecule has 0 aromatic carbocycles. The van der Waals surface area contributed by atoms with Crippen LogP contribution in [0.3, 0.4) is 0 Å². The zero-order valence-corrected chi connectivity index (χ0v) is 7.79. The average Bonchev–Trinajstić information content (AvgIpc) is 1.87. The fourth-order valence-corrected chi connectivity index (χ4v) is 1.77. The van der Waals surface area contributed by atoms with E-state index in [-0.39, 0.29) is 0 Å². The minimum atomic E-state index is 0.847. The summed E-state index contributed by atoms with van der Waals surface area (Å²) in [5, 5.41) is 1.69. The van der Waals surface area contributed by atoms with E-state index >= 15 is 0 Å². The molecule has 0 N–H and O–H groups in total. The van der Waals surface area contributed by atoms with E-state index in [2.05, 4.69) is 39.5 Å². The third-order valence-corrected chi connectivity index (χ3v) is 3.21. The smallest absolute Gasteiger partial charge is 0.00187 e. The molecule has 2 atom stereocenters. The molecule has 0 rings (SSSR count). The molecule has 0 unspecified atom stereocenters. The molecule has 0 aliphatic carbocycles. The van der Waals surface area contributed by atoms with E-state index in [9.17, 15) is 0 Å². The predicted octanol–water partition coefficient (Wildman–Crippen LogP) is 3.32. The maximum atomic E-state index is 2.30. The SMILES string of the molecule is CC[C@@H](C)S[C@@H](C)CC. The molecule has 0 spiro atoms. The van der Waals surface area contributed by atoms with E-state index in [1.54, 1.807) is 0 Å². The second-order valence-electron chi connectivity index (χ2n) is 2.57. The van der Waals surface area contributed by atoms with Gasteiger partial charge in [0.25, 0.3) is 0 Å². The average molecular weight is 146 g/mol. The Hall–Kier alpha value is 0.350. The van der Waals surface area contributed by atoms with Crippen LogP contribution in [0.5, 0.6) is 0 Å². The van der Waals surface area contributed by atoms with Crippen molar-refractivity contribution in [2.45, 2.75) is 51.0 Å². The summed E-state index contributed by atoms with van der Waals surface area (Å²) in [4.78, 5) is 0. The minimum Gasteiger partial charge on any atom is -0.156 e. The first-order valence-electron chi connectivity index (χ1n) is 3.86. The van der Waals surface area contributed by atoms with Gasteiger partial charge in [-0.2, -0.15) is 11.8 Å². The summed E-state index contributed by atoms with van der Waals surface area (Å²) in [5.41, 5.74) is 0. The lowest BCUT2D eigenvalue weighted by Crippen LogP contribution is -2.01. The van der Waals surface area contributed by atoms with E-state index < -0.39 is 0 Å². The van der Waals surface area contributed by atoms with Gasteiger partial charge in [-0.3, -0.25) is 0 Å². The van der Waals surface area contributed by atoms with E-state index in [0.29, 0.717) is 0 Å². The quantitative estimate of drug-likeness (QED) is 0.586. The molecule has 0 heterocycles. The Bertz CT molecular complexity index is 53.6. The maximum Gasteiger partial charge on any atom is 0.00187 e. The van der Waals surface area contributed by atoms with Crippen LogP contribution in [0.1, 0.15) is 40.5 Å². The topological polar surface area (TPSA) is 0 Å². The van der Waals surface area contributed by atoms with Gasteiger partial charge in [0.05, 0.1) is 0 Å². The normalized spacial score (nSPS) is 17.3. The summed E-state index contributed by atoms with van der Waals surface area (Å²) in [7, 11) is 0. The third-order valence-electron chi connectivity index (χ3n) is 1.61. The Morgan fingerprint density at radius 3 is 1.56 bits per heavy atom. The van der Waals surface area contributed by atoms with Gasteiger partial charge in [0.15, 0.2) is 0 Å². The van der Waals surface area contributed by atoms with Crippen molar-refractivity contribution >= 4 is 11.8 Å². The van der Waals surface area contributed by atoms with E-state index in [1.807, 2.05) is 0 Å². The molecule has 0 amide bonds. The van der Waals surface area contributed by atoms with Gasteiger partial charge >= 0.3 is 0 Å². The number of thioether (sulfide) groups is 1. The van der Waals surface area contributed by atoms with E-state index in [0.717, 1.165) is 10.5 Å². The molecule has 56 valence electrons. The van der Waals surface area contributed by atoms with E-state index in [1.165, 1.54) is 12.8 Å². The maximum absolute atomic E-state index is 2.30. The largest absolute Gasteiger partial charge is 0.156 e. The highest BCUT2D eigenvalue weighted by Crippen LogP contribution is 2.21. The van der Waals surface area contributed by atoms with Crippen molar-refractivity contribution in [3.8, 4) is 0 Å². The van der Waals surface area contributed by atoms with Crippen LogP contribution in [0.4, 0.5) is 0 Å². The summed E-state index contributed by atoms with van der Waals surface area (Å²) < 4.78 is 0. The lowest BCUT2D eigenvalue weighted by molar-refractivity contribution is 0.860. The summed E-state index contributed by atoms with van der Waals surface area (Å²) in [6.45, 7) is 9.10. The van der Waals surface area contributed by atoms with Gasteiger partial charge < -0.3 is 0 Å². The van der Waals surface area contributed by atoms with Crippen molar-refractivity contribution in [2.75, 3.05) is 0 Å². The summed E-state index contributed by atoms with van der Waals surface area (Å²) in [5.74, 6) is 0. The molecule has 0 aromatic heterocycles. The molecule has 0 saturated carbocycles. The van der Waals surface area contributed by atoms with Crippen LogP contribution in [0.2, 0.25) is 0 Å². The highest BCUT2D eigenvalue weighted by molar-refractivity contribution is 8.00. The van der Waals surface area contributed by atoms with Gasteiger partial charge in [0.2, 0.25) is 0 Å². The molecule has 0 radical (unpaired) electrons. The summed E-state index contributed by atoms with van der Waals surface area (Å²) >= 11 is 2.10. The van der Waals surface area contributed by atoms with Crippen LogP contribution >= 0.6 is 11.8 Å². The molecule has 0 aliphatic rings. The Kier molecular flexibility index (Phi) is 5.36. The van der Waals surface area contributed by atoms with Gasteiger partial charge in [0.1, 0.15) is 0 Å². The second-order valence-corrected chi connectivity index (χ2v) is 4.46. The van der Waals surface area contributed by atoms with Crippen LogP contribution < -0.4 is 0 Å². The monoisotopic (exact) mass is 146 g/mol. The standard InChI is InChI=1S/C8H18S/c1-5-7(3)9-8(4)6-2/h7-8H,5-6H2,1-4H3/t7-,8+. The summed E-state index contributed by atoms with van der Waals surface area (Å²) in [6, 6.07) is 0. The van der Waals surface area contributed by atoms with Crippen molar-refractivity contribution in [1.82, 2.24) is 0 Å². The molecule has 0 fully saturated rings. The van der Waals surface area contributed by atoms with Crippen molar-refractivity contribution in [2.24, 2.45) is 0 Å². The molecule has 0 aliphatic heterocycles. The van der Waals surface area contributed by atoms with Gasteiger partial charge in [-0.1, -0.05) is 27.7 Å². The fraction of sp³-hybridized carbons (Fsp3) is 1.00. The third kappa shape index (κ3) is 4.83. The second kappa shape index (κ2) is 5.16. The number of hydrogen-bond acceptors (Lipinski definition) is 1. The molecule has 9 heavy (non-hydrogen) atoms. The number of hydrogen-bond donors (Lipinski definition) is 0. The van der Waals surface area contributed by atoms with E-state index in [4.69, 9.17) is 0 Å². The summed E-state index contributed by atoms with van der Waals surface area (Å²) in [6.07, 6.45) is 2.60. The minimum absolute atomic E-state index is 0.847. The van der Waals surface area contributed by atoms with Crippen molar-refractivity contribution < 1.29 is 0 Å². The molecule has 0 saturated heterocycles. The van der Waals surface area contributed by atoms with Crippen LogP contribution in [0.25, 0.3) is 0 Å². The zero-order chi connectivity index (χ0) is 7.28. The number of rotatable bonds is 4. The molecule has 0 bridgehead atoms. The first-order chi connectivity index (χ1) is 4.20. The Balaban J connectivity index is 3.22.